The number of ether oxygens (including phenoxy) is 1. The molecule has 2 nitrogen and oxygen atoms in total. The van der Waals surface area contributed by atoms with Gasteiger partial charge in [-0.25, -0.2) is 0 Å². The minimum Gasteiger partial charge on any atom is -0.497 e. The first-order valence-electron chi connectivity index (χ1n) is 6.73. The van der Waals surface area contributed by atoms with Gasteiger partial charge in [-0.05, 0) is 49.6 Å². The van der Waals surface area contributed by atoms with E-state index < -0.39 is 0 Å². The minimum atomic E-state index is 0.317. The number of unbranched alkanes of at least 4 members (excludes halogenated alkanes) is 1. The summed E-state index contributed by atoms with van der Waals surface area (Å²) in [4.78, 5) is 0. The van der Waals surface area contributed by atoms with E-state index in [0.717, 1.165) is 42.5 Å². The van der Waals surface area contributed by atoms with E-state index in [-0.39, 0.29) is 0 Å². The molecule has 1 N–H and O–H groups in total. The van der Waals surface area contributed by atoms with E-state index in [9.17, 15) is 0 Å². The van der Waals surface area contributed by atoms with Gasteiger partial charge in [0.05, 0.1) is 7.11 Å². The molecule has 0 heterocycles. The number of rotatable bonds is 8. The summed E-state index contributed by atoms with van der Waals surface area (Å²) in [6.45, 7) is 3.18. The first-order valence-corrected chi connectivity index (χ1v) is 7.52. The van der Waals surface area contributed by atoms with Crippen molar-refractivity contribution in [2.24, 2.45) is 0 Å². The molecule has 0 aliphatic heterocycles. The molecule has 0 fully saturated rings. The van der Waals surface area contributed by atoms with Crippen molar-refractivity contribution in [3.8, 4) is 18.1 Å². The lowest BCUT2D eigenvalue weighted by atomic mass is 10.0. The van der Waals surface area contributed by atoms with Gasteiger partial charge in [0.2, 0.25) is 0 Å². The summed E-state index contributed by atoms with van der Waals surface area (Å²) in [7, 11) is 1.69. The summed E-state index contributed by atoms with van der Waals surface area (Å²) in [6, 6.07) is 6.41. The van der Waals surface area contributed by atoms with Crippen molar-refractivity contribution >= 4 is 15.9 Å². The van der Waals surface area contributed by atoms with Crippen LogP contribution in [-0.2, 0) is 0 Å². The molecule has 0 aromatic heterocycles. The SMILES string of the molecule is C#CCCCC(NCCC)c1cc(OC)ccc1Br. The second-order valence-corrected chi connectivity index (χ2v) is 5.34. The van der Waals surface area contributed by atoms with Crippen LogP contribution in [0.15, 0.2) is 22.7 Å². The van der Waals surface area contributed by atoms with Gasteiger partial charge in [-0.2, -0.15) is 0 Å². The minimum absolute atomic E-state index is 0.317. The van der Waals surface area contributed by atoms with Crippen LogP contribution in [0.4, 0.5) is 0 Å². The maximum atomic E-state index is 5.33. The van der Waals surface area contributed by atoms with Crippen molar-refractivity contribution in [1.29, 1.82) is 0 Å². The number of benzene rings is 1. The molecule has 1 aromatic rings. The molecule has 1 rings (SSSR count). The average molecular weight is 324 g/mol. The molecule has 104 valence electrons. The quantitative estimate of drug-likeness (QED) is 0.568. The van der Waals surface area contributed by atoms with Crippen LogP contribution < -0.4 is 10.1 Å². The number of methoxy groups -OCH3 is 1. The fourth-order valence-electron chi connectivity index (χ4n) is 2.01. The Hall–Kier alpha value is -0.980. The molecule has 0 saturated heterocycles. The van der Waals surface area contributed by atoms with Crippen LogP contribution in [-0.4, -0.2) is 13.7 Å². The van der Waals surface area contributed by atoms with Crippen LogP contribution in [0.2, 0.25) is 0 Å². The van der Waals surface area contributed by atoms with E-state index in [2.05, 4.69) is 40.2 Å². The maximum Gasteiger partial charge on any atom is 0.119 e. The maximum absolute atomic E-state index is 5.33. The van der Waals surface area contributed by atoms with Crippen LogP contribution in [0.3, 0.4) is 0 Å². The third-order valence-electron chi connectivity index (χ3n) is 3.03. The first kappa shape index (κ1) is 16.1. The smallest absolute Gasteiger partial charge is 0.119 e. The van der Waals surface area contributed by atoms with Gasteiger partial charge < -0.3 is 10.1 Å². The molecule has 0 aliphatic carbocycles. The Labute approximate surface area is 125 Å². The Bertz CT molecular complexity index is 425. The summed E-state index contributed by atoms with van der Waals surface area (Å²) in [5.41, 5.74) is 1.24. The van der Waals surface area contributed by atoms with Gasteiger partial charge in [0.25, 0.3) is 0 Å². The topological polar surface area (TPSA) is 21.3 Å². The highest BCUT2D eigenvalue weighted by molar-refractivity contribution is 9.10. The standard InChI is InChI=1S/C16H22BrNO/c1-4-6-7-8-16(18-11-5-2)14-12-13(19-3)9-10-15(14)17/h1,9-10,12,16,18H,5-8,11H2,2-3H3. The lowest BCUT2D eigenvalue weighted by molar-refractivity contribution is 0.411. The third-order valence-corrected chi connectivity index (χ3v) is 3.76. The molecular formula is C16H22BrNO. The van der Waals surface area contributed by atoms with Crippen molar-refractivity contribution in [1.82, 2.24) is 5.32 Å². The molecule has 0 saturated carbocycles. The number of hydrogen-bond donors (Lipinski definition) is 1. The molecule has 3 heteroatoms. The molecular weight excluding hydrogens is 302 g/mol. The van der Waals surface area contributed by atoms with E-state index >= 15 is 0 Å². The van der Waals surface area contributed by atoms with Gasteiger partial charge in [-0.3, -0.25) is 0 Å². The molecule has 1 unspecified atom stereocenters. The van der Waals surface area contributed by atoms with E-state index in [1.54, 1.807) is 7.11 Å². The van der Waals surface area contributed by atoms with Gasteiger partial charge >= 0.3 is 0 Å². The van der Waals surface area contributed by atoms with E-state index in [1.165, 1.54) is 5.56 Å². The zero-order valence-electron chi connectivity index (χ0n) is 11.7. The Morgan fingerprint density at radius 2 is 2.26 bits per heavy atom. The first-order chi connectivity index (χ1) is 9.22. The summed E-state index contributed by atoms with van der Waals surface area (Å²) >= 11 is 3.63. The number of hydrogen-bond acceptors (Lipinski definition) is 2. The molecule has 0 spiro atoms. The fraction of sp³-hybridized carbons (Fsp3) is 0.500. The predicted octanol–water partition coefficient (Wildman–Crippen LogP) is 4.30. The zero-order chi connectivity index (χ0) is 14.1. The summed E-state index contributed by atoms with van der Waals surface area (Å²) in [6.07, 6.45) is 9.34. The molecule has 0 amide bonds. The summed E-state index contributed by atoms with van der Waals surface area (Å²) < 4.78 is 6.42. The van der Waals surface area contributed by atoms with Gasteiger partial charge in [-0.1, -0.05) is 22.9 Å². The monoisotopic (exact) mass is 323 g/mol. The van der Waals surface area contributed by atoms with Crippen molar-refractivity contribution in [2.45, 2.75) is 38.6 Å². The Morgan fingerprint density at radius 3 is 2.89 bits per heavy atom. The lowest BCUT2D eigenvalue weighted by Crippen LogP contribution is -2.22. The van der Waals surface area contributed by atoms with E-state index in [1.807, 2.05) is 12.1 Å². The molecule has 0 aliphatic rings. The largest absolute Gasteiger partial charge is 0.497 e. The van der Waals surface area contributed by atoms with Gasteiger partial charge in [0.1, 0.15) is 5.75 Å². The Kier molecular flexibility index (Phi) is 7.62. The zero-order valence-corrected chi connectivity index (χ0v) is 13.3. The van der Waals surface area contributed by atoms with Crippen LogP contribution >= 0.6 is 15.9 Å². The summed E-state index contributed by atoms with van der Waals surface area (Å²) in [5.74, 6) is 3.59. The molecule has 1 atom stereocenters. The van der Waals surface area contributed by atoms with E-state index in [4.69, 9.17) is 11.2 Å². The fourth-order valence-corrected chi connectivity index (χ4v) is 2.53. The van der Waals surface area contributed by atoms with Crippen molar-refractivity contribution in [3.63, 3.8) is 0 Å². The predicted molar refractivity (Wildman–Crippen MR) is 84.4 cm³/mol. The van der Waals surface area contributed by atoms with Gasteiger partial charge in [0, 0.05) is 16.9 Å². The second-order valence-electron chi connectivity index (χ2n) is 4.49. The number of nitrogens with one attached hydrogen (secondary N) is 1. The Balaban J connectivity index is 2.85. The highest BCUT2D eigenvalue weighted by Crippen LogP contribution is 2.30. The van der Waals surface area contributed by atoms with Crippen LogP contribution in [0.1, 0.15) is 44.2 Å². The number of halogens is 1. The lowest BCUT2D eigenvalue weighted by Gasteiger charge is -2.20. The highest BCUT2D eigenvalue weighted by atomic mass is 79.9. The van der Waals surface area contributed by atoms with Crippen molar-refractivity contribution in [3.05, 3.63) is 28.2 Å². The Morgan fingerprint density at radius 1 is 1.47 bits per heavy atom. The van der Waals surface area contributed by atoms with Crippen LogP contribution in [0, 0.1) is 12.3 Å². The van der Waals surface area contributed by atoms with Gasteiger partial charge in [0.15, 0.2) is 0 Å². The highest BCUT2D eigenvalue weighted by Gasteiger charge is 2.14. The van der Waals surface area contributed by atoms with Crippen molar-refractivity contribution in [2.75, 3.05) is 13.7 Å². The van der Waals surface area contributed by atoms with Gasteiger partial charge in [-0.15, -0.1) is 12.3 Å². The second kappa shape index (κ2) is 9.01. The molecule has 0 radical (unpaired) electrons. The molecule has 0 bridgehead atoms. The van der Waals surface area contributed by atoms with Crippen LogP contribution in [0.25, 0.3) is 0 Å². The van der Waals surface area contributed by atoms with E-state index in [0.29, 0.717) is 6.04 Å². The normalized spacial score (nSPS) is 11.9. The van der Waals surface area contributed by atoms with Crippen molar-refractivity contribution < 1.29 is 4.74 Å². The summed E-state index contributed by atoms with van der Waals surface area (Å²) in [5, 5.41) is 3.58. The molecule has 1 aromatic carbocycles. The molecule has 19 heavy (non-hydrogen) atoms. The average Bonchev–Trinajstić information content (AvgIpc) is 2.43. The number of terminal acetylenes is 1. The third kappa shape index (κ3) is 5.26. The van der Waals surface area contributed by atoms with Crippen LogP contribution in [0.5, 0.6) is 5.75 Å².